The Morgan fingerprint density at radius 2 is 1.64 bits per heavy atom. The quantitative estimate of drug-likeness (QED) is 0.574. The lowest BCUT2D eigenvalue weighted by Gasteiger charge is -2.07. The van der Waals surface area contributed by atoms with E-state index in [9.17, 15) is 18.4 Å². The zero-order chi connectivity index (χ0) is 18.0. The number of nitrogens with zero attached hydrogens (tertiary/aromatic N) is 1. The fourth-order valence-corrected chi connectivity index (χ4v) is 3.30. The van der Waals surface area contributed by atoms with Crippen molar-refractivity contribution >= 4 is 23.4 Å². The lowest BCUT2D eigenvalue weighted by atomic mass is 10.1. The Morgan fingerprint density at radius 1 is 1.00 bits per heavy atom. The largest absolute Gasteiger partial charge is 0.416 e. The molecular weight excluding hydrogens is 369 g/mol. The van der Waals surface area contributed by atoms with Gasteiger partial charge in [0.1, 0.15) is 6.07 Å². The molecule has 1 heterocycles. The highest BCUT2D eigenvalue weighted by Gasteiger charge is 2.30. The lowest BCUT2D eigenvalue weighted by molar-refractivity contribution is -0.137. The van der Waals surface area contributed by atoms with Gasteiger partial charge in [-0.2, -0.15) is 18.4 Å². The monoisotopic (exact) mass is 378 g/mol. The second-order valence-electron chi connectivity index (χ2n) is 5.15. The zero-order valence-electron chi connectivity index (χ0n) is 12.6. The minimum Gasteiger partial charge on any atom is -0.359 e. The van der Waals surface area contributed by atoms with Crippen molar-refractivity contribution in [2.24, 2.45) is 0 Å². The van der Waals surface area contributed by atoms with E-state index in [2.05, 4.69) is 11.1 Å². The molecule has 0 aliphatic carbocycles. The summed E-state index contributed by atoms with van der Waals surface area (Å²) in [5, 5.41) is 10.1. The van der Waals surface area contributed by atoms with Crippen LogP contribution in [0.15, 0.2) is 64.5 Å². The molecule has 2 aromatic carbocycles. The van der Waals surface area contributed by atoms with Crippen molar-refractivity contribution in [3.63, 3.8) is 0 Å². The highest BCUT2D eigenvalue weighted by Crippen LogP contribution is 2.37. The Balaban J connectivity index is 1.92. The summed E-state index contributed by atoms with van der Waals surface area (Å²) in [5.74, 6) is 0. The summed E-state index contributed by atoms with van der Waals surface area (Å²) < 4.78 is 38.0. The van der Waals surface area contributed by atoms with Crippen LogP contribution in [-0.4, -0.2) is 4.98 Å². The number of hydrogen-bond donors (Lipinski definition) is 1. The maximum absolute atomic E-state index is 12.7. The van der Waals surface area contributed by atoms with Crippen LogP contribution in [0, 0.1) is 11.3 Å². The van der Waals surface area contributed by atoms with Gasteiger partial charge in [0.25, 0.3) is 0 Å². The fraction of sp³-hybridized carbons (Fsp3) is 0.0556. The van der Waals surface area contributed by atoms with Crippen LogP contribution in [0.1, 0.15) is 11.1 Å². The van der Waals surface area contributed by atoms with Crippen molar-refractivity contribution < 1.29 is 13.2 Å². The maximum Gasteiger partial charge on any atom is 0.416 e. The average molecular weight is 379 g/mol. The smallest absolute Gasteiger partial charge is 0.359 e. The minimum absolute atomic E-state index is 0.389. The fourth-order valence-electron chi connectivity index (χ4n) is 2.28. The van der Waals surface area contributed by atoms with Crippen LogP contribution in [0.3, 0.4) is 0 Å². The molecule has 1 N–H and O–H groups in total. The molecule has 0 spiro atoms. The van der Waals surface area contributed by atoms with Crippen LogP contribution in [0.5, 0.6) is 0 Å². The molecule has 1 aromatic heterocycles. The van der Waals surface area contributed by atoms with E-state index in [1.165, 1.54) is 23.9 Å². The molecule has 0 amide bonds. The Hall–Kier alpha value is -2.36. The normalized spacial score (nSPS) is 11.3. The number of aromatic nitrogens is 1. The molecular formula is C18H10ClF3N2S. The molecule has 0 saturated carbocycles. The van der Waals surface area contributed by atoms with Crippen LogP contribution >= 0.6 is 23.4 Å². The first-order chi connectivity index (χ1) is 11.9. The highest BCUT2D eigenvalue weighted by molar-refractivity contribution is 7.99. The van der Waals surface area contributed by atoms with Gasteiger partial charge in [0.15, 0.2) is 0 Å². The number of nitrogens with one attached hydrogen (secondary N) is 1. The molecule has 0 unspecified atom stereocenters. The summed E-state index contributed by atoms with van der Waals surface area (Å²) in [5.41, 5.74) is 0.678. The molecule has 0 atom stereocenters. The van der Waals surface area contributed by atoms with E-state index in [4.69, 9.17) is 11.6 Å². The van der Waals surface area contributed by atoms with E-state index in [-0.39, 0.29) is 0 Å². The van der Waals surface area contributed by atoms with Crippen LogP contribution in [-0.2, 0) is 6.18 Å². The Morgan fingerprint density at radius 3 is 2.20 bits per heavy atom. The summed E-state index contributed by atoms with van der Waals surface area (Å²) >= 11 is 7.23. The van der Waals surface area contributed by atoms with E-state index in [0.29, 0.717) is 26.7 Å². The summed E-state index contributed by atoms with van der Waals surface area (Å²) in [7, 11) is 0. The third kappa shape index (κ3) is 3.84. The number of aromatic amines is 1. The van der Waals surface area contributed by atoms with Crippen LogP contribution in [0.4, 0.5) is 13.2 Å². The molecule has 2 nitrogen and oxygen atoms in total. The molecule has 3 aromatic rings. The van der Waals surface area contributed by atoms with Gasteiger partial charge < -0.3 is 4.98 Å². The number of nitriles is 1. The zero-order valence-corrected chi connectivity index (χ0v) is 14.1. The van der Waals surface area contributed by atoms with E-state index < -0.39 is 11.7 Å². The molecule has 7 heteroatoms. The van der Waals surface area contributed by atoms with Gasteiger partial charge >= 0.3 is 6.18 Å². The highest BCUT2D eigenvalue weighted by atomic mass is 35.5. The third-order valence-electron chi connectivity index (χ3n) is 3.50. The molecule has 0 fully saturated rings. The van der Waals surface area contributed by atoms with Gasteiger partial charge in [-0.3, -0.25) is 0 Å². The van der Waals surface area contributed by atoms with Crippen molar-refractivity contribution in [2.75, 3.05) is 0 Å². The molecule has 0 saturated heterocycles. The molecule has 0 radical (unpaired) electrons. The first-order valence-electron chi connectivity index (χ1n) is 7.11. The van der Waals surface area contributed by atoms with Gasteiger partial charge in [-0.1, -0.05) is 35.5 Å². The average Bonchev–Trinajstić information content (AvgIpc) is 2.99. The summed E-state index contributed by atoms with van der Waals surface area (Å²) in [6.07, 6.45) is -2.72. The predicted molar refractivity (Wildman–Crippen MR) is 91.5 cm³/mol. The minimum atomic E-state index is -4.39. The topological polar surface area (TPSA) is 39.6 Å². The predicted octanol–water partition coefficient (Wildman–Crippen LogP) is 6.38. The number of hydrogen-bond acceptors (Lipinski definition) is 2. The van der Waals surface area contributed by atoms with Gasteiger partial charge in [-0.15, -0.1) is 0 Å². The van der Waals surface area contributed by atoms with Crippen molar-refractivity contribution in [3.8, 4) is 17.3 Å². The van der Waals surface area contributed by atoms with Gasteiger partial charge in [0.05, 0.1) is 16.8 Å². The number of benzene rings is 2. The summed E-state index contributed by atoms with van der Waals surface area (Å²) in [4.78, 5) is 4.58. The molecule has 0 bridgehead atoms. The number of H-pyrrole nitrogens is 1. The van der Waals surface area contributed by atoms with Gasteiger partial charge in [-0.25, -0.2) is 0 Å². The number of rotatable bonds is 3. The van der Waals surface area contributed by atoms with E-state index in [0.717, 1.165) is 17.0 Å². The molecule has 126 valence electrons. The van der Waals surface area contributed by atoms with Crippen molar-refractivity contribution in [1.29, 1.82) is 5.26 Å². The van der Waals surface area contributed by atoms with Gasteiger partial charge in [0, 0.05) is 21.0 Å². The SMILES string of the molecule is N#Cc1c(Sc2ccc(Cl)cc2)c[nH]c1-c1ccc(C(F)(F)F)cc1. The van der Waals surface area contributed by atoms with E-state index in [1.807, 2.05) is 12.1 Å². The van der Waals surface area contributed by atoms with E-state index in [1.54, 1.807) is 18.3 Å². The Bertz CT molecular complexity index is 923. The Labute approximate surface area is 151 Å². The number of alkyl halides is 3. The molecule has 0 aliphatic rings. The van der Waals surface area contributed by atoms with Gasteiger partial charge in [-0.05, 0) is 42.0 Å². The van der Waals surface area contributed by atoms with Crippen LogP contribution in [0.25, 0.3) is 11.3 Å². The Kier molecular flexibility index (Phi) is 4.80. The summed E-state index contributed by atoms with van der Waals surface area (Å²) in [6, 6.07) is 14.0. The van der Waals surface area contributed by atoms with Crippen molar-refractivity contribution in [1.82, 2.24) is 4.98 Å². The summed E-state index contributed by atoms with van der Waals surface area (Å²) in [6.45, 7) is 0. The lowest BCUT2D eigenvalue weighted by Crippen LogP contribution is -2.04. The van der Waals surface area contributed by atoms with Crippen molar-refractivity contribution in [3.05, 3.63) is 70.9 Å². The van der Waals surface area contributed by atoms with Crippen LogP contribution in [0.2, 0.25) is 5.02 Å². The number of halogens is 4. The second kappa shape index (κ2) is 6.87. The van der Waals surface area contributed by atoms with E-state index >= 15 is 0 Å². The first-order valence-corrected chi connectivity index (χ1v) is 8.30. The van der Waals surface area contributed by atoms with Gasteiger partial charge in [0.2, 0.25) is 0 Å². The molecule has 0 aliphatic heterocycles. The maximum atomic E-state index is 12.7. The standard InChI is InChI=1S/C18H10ClF3N2S/c19-13-5-7-14(8-6-13)25-16-10-24-17(15(16)9-23)11-1-3-12(4-2-11)18(20,21)22/h1-8,10,24H. The second-order valence-corrected chi connectivity index (χ2v) is 6.70. The first kappa shape index (κ1) is 17.5. The van der Waals surface area contributed by atoms with Crippen LogP contribution < -0.4 is 0 Å². The third-order valence-corrected chi connectivity index (χ3v) is 4.80. The van der Waals surface area contributed by atoms with Crippen molar-refractivity contribution in [2.45, 2.75) is 16.0 Å². The molecule has 3 rings (SSSR count). The molecule has 25 heavy (non-hydrogen) atoms.